The first-order valence-corrected chi connectivity index (χ1v) is 26.6. The van der Waals surface area contributed by atoms with Gasteiger partial charge in [-0.2, -0.15) is 0 Å². The summed E-state index contributed by atoms with van der Waals surface area (Å²) in [5.41, 5.74) is 0. The topological polar surface area (TPSA) is 91.3 Å². The zero-order chi connectivity index (χ0) is 43.4. The minimum Gasteiger partial charge on any atom is -0.457 e. The van der Waals surface area contributed by atoms with E-state index in [1.165, 1.54) is 167 Å². The van der Waals surface area contributed by atoms with E-state index < -0.39 is 13.9 Å². The van der Waals surface area contributed by atoms with Crippen LogP contribution in [0.25, 0.3) is 0 Å². The summed E-state index contributed by atoms with van der Waals surface area (Å²) in [6.07, 6.45) is 50.9. The van der Waals surface area contributed by atoms with Gasteiger partial charge in [0.1, 0.15) is 19.3 Å². The van der Waals surface area contributed by atoms with Crippen LogP contribution in [0.5, 0.6) is 0 Å². The third-order valence-corrected chi connectivity index (χ3v) is 12.0. The molecule has 0 bridgehead atoms. The number of carbonyl (C=O) groups is 1. The van der Waals surface area contributed by atoms with Gasteiger partial charge in [0.15, 0.2) is 0 Å². The highest BCUT2D eigenvalue weighted by Gasteiger charge is 2.26. The quantitative estimate of drug-likeness (QED) is 0.0214. The Balaban J connectivity index is 3.99. The van der Waals surface area contributed by atoms with Crippen molar-refractivity contribution in [1.82, 2.24) is 0 Å². The van der Waals surface area contributed by atoms with E-state index >= 15 is 0 Å². The first-order valence-electron chi connectivity index (χ1n) is 25.1. The summed E-state index contributed by atoms with van der Waals surface area (Å²) < 4.78 is 35.0. The lowest BCUT2D eigenvalue weighted by Gasteiger charge is -2.24. The lowest BCUT2D eigenvalue weighted by atomic mass is 10.0. The molecule has 0 spiro atoms. The minimum atomic E-state index is -4.27. The van der Waals surface area contributed by atoms with Crippen LogP contribution in [0.15, 0.2) is 24.3 Å². The molecule has 0 heterocycles. The molecule has 0 rings (SSSR count). The zero-order valence-corrected chi connectivity index (χ0v) is 40.6. The third kappa shape index (κ3) is 47.9. The Morgan fingerprint density at radius 1 is 0.508 bits per heavy atom. The number of phosphoric acid groups is 1. The van der Waals surface area contributed by atoms with E-state index in [4.69, 9.17) is 18.5 Å². The van der Waals surface area contributed by atoms with Gasteiger partial charge in [0.2, 0.25) is 0 Å². The van der Waals surface area contributed by atoms with Crippen LogP contribution >= 0.6 is 7.82 Å². The molecule has 0 saturated carbocycles. The number of rotatable bonds is 47. The van der Waals surface area contributed by atoms with Crippen LogP contribution < -0.4 is 0 Å². The van der Waals surface area contributed by atoms with Crippen LogP contribution in [-0.2, 0) is 27.9 Å². The molecule has 59 heavy (non-hydrogen) atoms. The van der Waals surface area contributed by atoms with Crippen LogP contribution in [0, 0.1) is 0 Å². The number of esters is 1. The maximum Gasteiger partial charge on any atom is 0.472 e. The number of carbonyl (C=O) groups excluding carboxylic acids is 1. The van der Waals surface area contributed by atoms with Crippen molar-refractivity contribution >= 4 is 13.8 Å². The Bertz CT molecular complexity index is 998. The van der Waals surface area contributed by atoms with Gasteiger partial charge in [-0.25, -0.2) is 4.57 Å². The molecule has 1 N–H and O–H groups in total. The van der Waals surface area contributed by atoms with Crippen molar-refractivity contribution in [2.45, 2.75) is 238 Å². The highest BCUT2D eigenvalue weighted by Crippen LogP contribution is 2.43. The molecule has 2 atom stereocenters. The second kappa shape index (κ2) is 43.6. The van der Waals surface area contributed by atoms with Crippen molar-refractivity contribution in [3.8, 4) is 0 Å². The minimum absolute atomic E-state index is 0.0887. The highest BCUT2D eigenvalue weighted by molar-refractivity contribution is 7.47. The number of phosphoric ester groups is 1. The van der Waals surface area contributed by atoms with Gasteiger partial charge in [-0.05, 0) is 57.8 Å². The molecule has 0 fully saturated rings. The van der Waals surface area contributed by atoms with Gasteiger partial charge in [-0.1, -0.05) is 192 Å². The standard InChI is InChI=1S/C50H98NO7P/c1-6-8-10-12-14-16-18-19-20-21-22-23-24-25-26-27-28-29-30-31-32-34-36-38-40-42-45-55-47-49(48-57-59(53,54)56-46-44-51(3,4)5)58-50(52)43-41-39-37-35-33-17-15-13-11-9-7-2/h13,15,21-22,49H,6-12,14,16-20,23-48H2,1-5H3/p+1/b15-13-,22-21-. The van der Waals surface area contributed by atoms with Crippen LogP contribution in [-0.4, -0.2) is 75.6 Å². The summed E-state index contributed by atoms with van der Waals surface area (Å²) >= 11 is 0. The summed E-state index contributed by atoms with van der Waals surface area (Å²) in [7, 11) is 1.67. The van der Waals surface area contributed by atoms with Crippen molar-refractivity contribution < 1.29 is 37.3 Å². The zero-order valence-electron chi connectivity index (χ0n) is 39.8. The first-order chi connectivity index (χ1) is 28.6. The average Bonchev–Trinajstić information content (AvgIpc) is 3.19. The van der Waals surface area contributed by atoms with Gasteiger partial charge in [-0.3, -0.25) is 13.8 Å². The van der Waals surface area contributed by atoms with Crippen molar-refractivity contribution in [3.63, 3.8) is 0 Å². The number of quaternary nitrogens is 1. The number of hydrogen-bond donors (Lipinski definition) is 1. The lowest BCUT2D eigenvalue weighted by molar-refractivity contribution is -0.870. The summed E-state index contributed by atoms with van der Waals surface area (Å²) in [6.45, 7) is 5.60. The van der Waals surface area contributed by atoms with Gasteiger partial charge in [0, 0.05) is 13.0 Å². The highest BCUT2D eigenvalue weighted by atomic mass is 31.2. The molecule has 0 aliphatic heterocycles. The monoisotopic (exact) mass is 857 g/mol. The van der Waals surface area contributed by atoms with E-state index in [0.29, 0.717) is 24.1 Å². The van der Waals surface area contributed by atoms with Crippen LogP contribution in [0.2, 0.25) is 0 Å². The second-order valence-corrected chi connectivity index (χ2v) is 19.6. The van der Waals surface area contributed by atoms with Gasteiger partial charge >= 0.3 is 13.8 Å². The average molecular weight is 857 g/mol. The molecule has 8 nitrogen and oxygen atoms in total. The number of ether oxygens (including phenoxy) is 2. The molecular weight excluding hydrogens is 758 g/mol. The van der Waals surface area contributed by atoms with E-state index in [2.05, 4.69) is 38.2 Å². The molecule has 0 aromatic heterocycles. The van der Waals surface area contributed by atoms with Crippen molar-refractivity contribution in [3.05, 3.63) is 24.3 Å². The normalized spacial score (nSPS) is 13.8. The Labute approximate surface area is 366 Å². The molecule has 0 amide bonds. The number of unbranched alkanes of at least 4 members (excludes halogenated alkanes) is 29. The summed E-state index contributed by atoms with van der Waals surface area (Å²) in [4.78, 5) is 22.9. The van der Waals surface area contributed by atoms with Gasteiger partial charge in [-0.15, -0.1) is 0 Å². The molecule has 350 valence electrons. The predicted octanol–water partition coefficient (Wildman–Crippen LogP) is 15.2. The fourth-order valence-electron chi connectivity index (χ4n) is 7.06. The van der Waals surface area contributed by atoms with Gasteiger partial charge in [0.05, 0.1) is 34.4 Å². The van der Waals surface area contributed by atoms with Crippen molar-refractivity contribution in [1.29, 1.82) is 0 Å². The molecule has 0 aliphatic carbocycles. The SMILES string of the molecule is CCCC/C=C\CCCCCCCC(=O)OC(COCCCCCCCCCCCCCCCC/C=C\CCCCCCCCCC)COP(=O)(O)OCC[N+](C)(C)C. The summed E-state index contributed by atoms with van der Waals surface area (Å²) in [6, 6.07) is 0. The second-order valence-electron chi connectivity index (χ2n) is 18.2. The number of allylic oxidation sites excluding steroid dienone is 4. The maximum absolute atomic E-state index is 12.7. The van der Waals surface area contributed by atoms with E-state index in [1.807, 2.05) is 21.1 Å². The molecule has 2 unspecified atom stereocenters. The van der Waals surface area contributed by atoms with E-state index in [1.54, 1.807) is 0 Å². The lowest BCUT2D eigenvalue weighted by Crippen LogP contribution is -2.37. The molecule has 0 radical (unpaired) electrons. The van der Waals surface area contributed by atoms with Gasteiger partial charge in [0.25, 0.3) is 0 Å². The molecule has 0 aromatic rings. The van der Waals surface area contributed by atoms with E-state index in [9.17, 15) is 14.3 Å². The largest absolute Gasteiger partial charge is 0.472 e. The summed E-state index contributed by atoms with van der Waals surface area (Å²) in [5, 5.41) is 0. The number of likely N-dealkylation sites (N-methyl/N-ethyl adjacent to an activating group) is 1. The van der Waals surface area contributed by atoms with Gasteiger partial charge < -0.3 is 18.9 Å². The van der Waals surface area contributed by atoms with Crippen LogP contribution in [0.1, 0.15) is 232 Å². The van der Waals surface area contributed by atoms with E-state index in [0.717, 1.165) is 44.9 Å². The number of hydrogen-bond acceptors (Lipinski definition) is 6. The van der Waals surface area contributed by atoms with Crippen LogP contribution in [0.3, 0.4) is 0 Å². The Morgan fingerprint density at radius 3 is 1.34 bits per heavy atom. The first kappa shape index (κ1) is 58.0. The molecule has 0 aliphatic rings. The molecule has 0 aromatic carbocycles. The predicted molar refractivity (Wildman–Crippen MR) is 252 cm³/mol. The Morgan fingerprint density at radius 2 is 0.898 bits per heavy atom. The molecule has 0 saturated heterocycles. The number of nitrogens with zero attached hydrogens (tertiary/aromatic N) is 1. The third-order valence-electron chi connectivity index (χ3n) is 11.0. The van der Waals surface area contributed by atoms with E-state index in [-0.39, 0.29) is 25.8 Å². The van der Waals surface area contributed by atoms with Crippen molar-refractivity contribution in [2.24, 2.45) is 0 Å². The summed E-state index contributed by atoms with van der Waals surface area (Å²) in [5.74, 6) is -0.321. The van der Waals surface area contributed by atoms with Crippen LogP contribution in [0.4, 0.5) is 0 Å². The fourth-order valence-corrected chi connectivity index (χ4v) is 7.80. The smallest absolute Gasteiger partial charge is 0.457 e. The Hall–Kier alpha value is -1.02. The molecular formula is C50H99NO7P+. The molecule has 9 heteroatoms. The van der Waals surface area contributed by atoms with Crippen molar-refractivity contribution in [2.75, 3.05) is 54.1 Å². The maximum atomic E-state index is 12.7. The Kier molecular flexibility index (Phi) is 42.9. The fraction of sp³-hybridized carbons (Fsp3) is 0.900.